The van der Waals surface area contributed by atoms with Crippen LogP contribution in [-0.4, -0.2) is 11.8 Å². The van der Waals surface area contributed by atoms with Crippen LogP contribution in [0.2, 0.25) is 0 Å². The Morgan fingerprint density at radius 1 is 1.13 bits per heavy atom. The summed E-state index contributed by atoms with van der Waals surface area (Å²) in [5.41, 5.74) is 5.92. The second kappa shape index (κ2) is 5.11. The number of hydrogen-bond acceptors (Lipinski definition) is 2. The Kier molecular flexibility index (Phi) is 4.98. The Morgan fingerprint density at radius 2 is 1.60 bits per heavy atom. The highest BCUT2D eigenvalue weighted by Gasteiger charge is 2.26. The van der Waals surface area contributed by atoms with E-state index in [2.05, 4.69) is 20.8 Å². The van der Waals surface area contributed by atoms with Gasteiger partial charge in [-0.1, -0.05) is 48.0 Å². The Balaban J connectivity index is 3.96. The minimum absolute atomic E-state index is 0.177. The Hall–Kier alpha value is -0.370. The number of carbonyl (C=O) groups is 1. The number of carbonyl (C=O) groups excluding carboxylic acids is 1. The van der Waals surface area contributed by atoms with Gasteiger partial charge >= 0.3 is 0 Å². The van der Waals surface area contributed by atoms with E-state index in [-0.39, 0.29) is 17.2 Å². The molecule has 15 heavy (non-hydrogen) atoms. The molecule has 0 saturated heterocycles. The molecular weight excluding hydrogens is 186 g/mol. The van der Waals surface area contributed by atoms with E-state index in [0.717, 1.165) is 19.3 Å². The van der Waals surface area contributed by atoms with E-state index in [4.69, 9.17) is 5.73 Å². The number of hydrogen-bond donors (Lipinski definition) is 1. The van der Waals surface area contributed by atoms with Crippen molar-refractivity contribution in [1.29, 1.82) is 0 Å². The number of nitrogens with two attached hydrogens (primary N) is 1. The molecule has 0 aromatic rings. The first-order valence-electron chi connectivity index (χ1n) is 5.84. The minimum atomic E-state index is -0.304. The molecule has 0 aliphatic carbocycles. The standard InChI is InChI=1S/C13H27NO/c1-12(2,3)9-7-8-10(14)11(15)13(4,5)6/h10H,7-9,14H2,1-6H3. The Labute approximate surface area is 94.6 Å². The Morgan fingerprint density at radius 3 is 1.93 bits per heavy atom. The van der Waals surface area contributed by atoms with E-state index < -0.39 is 0 Å². The fraction of sp³-hybridized carbons (Fsp3) is 0.923. The van der Waals surface area contributed by atoms with Gasteiger partial charge < -0.3 is 5.73 Å². The van der Waals surface area contributed by atoms with E-state index in [9.17, 15) is 4.79 Å². The summed E-state index contributed by atoms with van der Waals surface area (Å²) in [6.07, 6.45) is 2.97. The molecule has 2 N–H and O–H groups in total. The van der Waals surface area contributed by atoms with Crippen molar-refractivity contribution in [2.24, 2.45) is 16.6 Å². The van der Waals surface area contributed by atoms with Crippen LogP contribution in [0.15, 0.2) is 0 Å². The monoisotopic (exact) mass is 213 g/mol. The normalized spacial score (nSPS) is 15.1. The van der Waals surface area contributed by atoms with Crippen LogP contribution in [0.3, 0.4) is 0 Å². The summed E-state index contributed by atoms with van der Waals surface area (Å²) in [6, 6.07) is -0.285. The maximum atomic E-state index is 11.8. The van der Waals surface area contributed by atoms with Gasteiger partial charge in [0.15, 0.2) is 5.78 Å². The molecule has 0 saturated carbocycles. The minimum Gasteiger partial charge on any atom is -0.321 e. The first kappa shape index (κ1) is 14.6. The van der Waals surface area contributed by atoms with Crippen molar-refractivity contribution in [3.05, 3.63) is 0 Å². The molecule has 0 spiro atoms. The van der Waals surface area contributed by atoms with Crippen molar-refractivity contribution in [3.8, 4) is 0 Å². The van der Waals surface area contributed by atoms with Crippen molar-refractivity contribution in [2.75, 3.05) is 0 Å². The van der Waals surface area contributed by atoms with Crippen LogP contribution in [0, 0.1) is 10.8 Å². The van der Waals surface area contributed by atoms with Crippen LogP contribution in [0.25, 0.3) is 0 Å². The number of rotatable bonds is 4. The van der Waals surface area contributed by atoms with Gasteiger partial charge in [-0.15, -0.1) is 0 Å². The van der Waals surface area contributed by atoms with Crippen molar-refractivity contribution in [3.63, 3.8) is 0 Å². The SMILES string of the molecule is CC(C)(C)CCCC(N)C(=O)C(C)(C)C. The summed E-state index contributed by atoms with van der Waals surface area (Å²) >= 11 is 0. The van der Waals surface area contributed by atoms with Gasteiger partial charge in [-0.05, 0) is 18.3 Å². The molecule has 2 nitrogen and oxygen atoms in total. The molecule has 90 valence electrons. The molecule has 1 atom stereocenters. The van der Waals surface area contributed by atoms with Crippen LogP contribution in [0.1, 0.15) is 60.8 Å². The van der Waals surface area contributed by atoms with E-state index in [0.29, 0.717) is 5.41 Å². The van der Waals surface area contributed by atoms with Gasteiger partial charge in [-0.2, -0.15) is 0 Å². The van der Waals surface area contributed by atoms with E-state index in [1.54, 1.807) is 0 Å². The van der Waals surface area contributed by atoms with Gasteiger partial charge in [-0.25, -0.2) is 0 Å². The number of Topliss-reactive ketones (excluding diaryl/α,β-unsaturated/α-hetero) is 1. The molecule has 0 aliphatic heterocycles. The van der Waals surface area contributed by atoms with Crippen LogP contribution < -0.4 is 5.73 Å². The summed E-state index contributed by atoms with van der Waals surface area (Å²) in [5, 5.41) is 0. The predicted molar refractivity (Wildman–Crippen MR) is 65.7 cm³/mol. The third-order valence-corrected chi connectivity index (χ3v) is 2.52. The van der Waals surface area contributed by atoms with Gasteiger partial charge in [-0.3, -0.25) is 4.79 Å². The van der Waals surface area contributed by atoms with Gasteiger partial charge in [0.25, 0.3) is 0 Å². The lowest BCUT2D eigenvalue weighted by molar-refractivity contribution is -0.127. The van der Waals surface area contributed by atoms with Gasteiger partial charge in [0.1, 0.15) is 0 Å². The molecular formula is C13H27NO. The molecule has 1 unspecified atom stereocenters. The lowest BCUT2D eigenvalue weighted by Gasteiger charge is -2.23. The van der Waals surface area contributed by atoms with Crippen LogP contribution in [-0.2, 0) is 4.79 Å². The smallest absolute Gasteiger partial charge is 0.154 e. The van der Waals surface area contributed by atoms with E-state index >= 15 is 0 Å². The average molecular weight is 213 g/mol. The molecule has 0 aromatic carbocycles. The highest BCUT2D eigenvalue weighted by molar-refractivity contribution is 5.88. The molecule has 0 fully saturated rings. The zero-order valence-electron chi connectivity index (χ0n) is 11.2. The zero-order chi connectivity index (χ0) is 12.3. The van der Waals surface area contributed by atoms with Crippen molar-refractivity contribution in [2.45, 2.75) is 66.8 Å². The summed E-state index contributed by atoms with van der Waals surface area (Å²) in [6.45, 7) is 12.4. The average Bonchev–Trinajstić information content (AvgIpc) is 1.98. The van der Waals surface area contributed by atoms with Crippen molar-refractivity contribution < 1.29 is 4.79 Å². The third-order valence-electron chi connectivity index (χ3n) is 2.52. The maximum absolute atomic E-state index is 11.8. The van der Waals surface area contributed by atoms with Gasteiger partial charge in [0, 0.05) is 5.41 Å². The number of ketones is 1. The first-order valence-corrected chi connectivity index (χ1v) is 5.84. The van der Waals surface area contributed by atoms with Gasteiger partial charge in [0.05, 0.1) is 6.04 Å². The lowest BCUT2D eigenvalue weighted by atomic mass is 9.83. The second-order valence-electron chi connectivity index (χ2n) is 6.67. The van der Waals surface area contributed by atoms with Crippen LogP contribution in [0.5, 0.6) is 0 Å². The molecule has 0 aromatic heterocycles. The second-order valence-corrected chi connectivity index (χ2v) is 6.67. The van der Waals surface area contributed by atoms with Crippen molar-refractivity contribution >= 4 is 5.78 Å². The summed E-state index contributed by atoms with van der Waals surface area (Å²) in [7, 11) is 0. The Bertz CT molecular complexity index is 208. The third kappa shape index (κ3) is 6.67. The summed E-state index contributed by atoms with van der Waals surface area (Å²) in [5.74, 6) is 0.177. The van der Waals surface area contributed by atoms with Crippen LogP contribution in [0.4, 0.5) is 0 Å². The van der Waals surface area contributed by atoms with E-state index in [1.807, 2.05) is 20.8 Å². The first-order chi connectivity index (χ1) is 6.54. The molecule has 0 amide bonds. The molecule has 0 rings (SSSR count). The summed E-state index contributed by atoms with van der Waals surface area (Å²) < 4.78 is 0. The van der Waals surface area contributed by atoms with E-state index in [1.165, 1.54) is 0 Å². The molecule has 2 heteroatoms. The fourth-order valence-corrected chi connectivity index (χ4v) is 1.54. The molecule has 0 radical (unpaired) electrons. The predicted octanol–water partition coefficient (Wildman–Crippen LogP) is 3.15. The summed E-state index contributed by atoms with van der Waals surface area (Å²) in [4.78, 5) is 11.8. The zero-order valence-corrected chi connectivity index (χ0v) is 11.2. The van der Waals surface area contributed by atoms with Gasteiger partial charge in [0.2, 0.25) is 0 Å². The molecule has 0 heterocycles. The lowest BCUT2D eigenvalue weighted by Crippen LogP contribution is -2.38. The highest BCUT2D eigenvalue weighted by Crippen LogP contribution is 2.23. The fourth-order valence-electron chi connectivity index (χ4n) is 1.54. The highest BCUT2D eigenvalue weighted by atomic mass is 16.1. The molecule has 0 aliphatic rings. The van der Waals surface area contributed by atoms with Crippen LogP contribution >= 0.6 is 0 Å². The topological polar surface area (TPSA) is 43.1 Å². The maximum Gasteiger partial charge on any atom is 0.154 e. The largest absolute Gasteiger partial charge is 0.321 e. The van der Waals surface area contributed by atoms with Crippen molar-refractivity contribution in [1.82, 2.24) is 0 Å². The molecule has 0 bridgehead atoms. The quantitative estimate of drug-likeness (QED) is 0.779.